The van der Waals surface area contributed by atoms with Gasteiger partial charge in [-0.25, -0.2) is 0 Å². The first-order valence-corrected chi connectivity index (χ1v) is 6.24. The molecule has 0 saturated carbocycles. The van der Waals surface area contributed by atoms with E-state index in [4.69, 9.17) is 5.11 Å². The highest BCUT2D eigenvalue weighted by Gasteiger charge is 2.51. The van der Waals surface area contributed by atoms with Gasteiger partial charge in [0.25, 0.3) is 5.91 Å². The third-order valence-electron chi connectivity index (χ3n) is 3.67. The number of rotatable bonds is 2. The number of nitrogens with zero attached hydrogens (tertiary/aromatic N) is 3. The largest absolute Gasteiger partial charge is 0.481 e. The average Bonchev–Trinajstić information content (AvgIpc) is 3.03. The fraction of sp³-hybridized carbons (Fsp3) is 0.600. The highest BCUT2D eigenvalue weighted by atomic mass is 32.1. The summed E-state index contributed by atoms with van der Waals surface area (Å²) in [6, 6.07) is -0.0954. The molecule has 3 rings (SSSR count). The second kappa shape index (κ2) is 3.76. The van der Waals surface area contributed by atoms with Crippen LogP contribution in [0, 0.1) is 5.92 Å². The molecular weight excluding hydrogens is 242 g/mol. The van der Waals surface area contributed by atoms with Crippen LogP contribution >= 0.6 is 11.7 Å². The zero-order valence-electron chi connectivity index (χ0n) is 8.94. The lowest BCUT2D eigenvalue weighted by Crippen LogP contribution is -2.38. The van der Waals surface area contributed by atoms with Gasteiger partial charge in [-0.3, -0.25) is 9.59 Å². The number of aliphatic carboxylic acids is 1. The Kier molecular flexibility index (Phi) is 2.36. The van der Waals surface area contributed by atoms with E-state index < -0.39 is 11.9 Å². The second-order valence-corrected chi connectivity index (χ2v) is 5.04. The van der Waals surface area contributed by atoms with Gasteiger partial charge in [0.15, 0.2) is 5.69 Å². The smallest absolute Gasteiger partial charge is 0.308 e. The number of hydrogen-bond donors (Lipinski definition) is 1. The van der Waals surface area contributed by atoms with Crippen LogP contribution in [-0.4, -0.2) is 42.7 Å². The Morgan fingerprint density at radius 2 is 2.29 bits per heavy atom. The number of carbonyl (C=O) groups excluding carboxylic acids is 1. The van der Waals surface area contributed by atoms with E-state index in [9.17, 15) is 9.59 Å². The molecule has 90 valence electrons. The molecule has 2 bridgehead atoms. The Bertz CT molecular complexity index is 461. The topological polar surface area (TPSA) is 83.4 Å². The van der Waals surface area contributed by atoms with Crippen LogP contribution in [0.4, 0.5) is 0 Å². The van der Waals surface area contributed by atoms with Gasteiger partial charge in [-0.05, 0) is 19.3 Å². The van der Waals surface area contributed by atoms with Crippen molar-refractivity contribution in [2.24, 2.45) is 5.92 Å². The van der Waals surface area contributed by atoms with Crippen LogP contribution in [0.5, 0.6) is 0 Å². The van der Waals surface area contributed by atoms with Gasteiger partial charge >= 0.3 is 5.97 Å². The minimum Gasteiger partial charge on any atom is -0.481 e. The van der Waals surface area contributed by atoms with Gasteiger partial charge < -0.3 is 10.0 Å². The van der Waals surface area contributed by atoms with Crippen molar-refractivity contribution >= 4 is 23.6 Å². The summed E-state index contributed by atoms with van der Waals surface area (Å²) in [5, 5.41) is 9.10. The molecule has 17 heavy (non-hydrogen) atoms. The van der Waals surface area contributed by atoms with Crippen LogP contribution in [0.1, 0.15) is 29.8 Å². The summed E-state index contributed by atoms with van der Waals surface area (Å²) >= 11 is 0.993. The molecule has 2 saturated heterocycles. The molecule has 0 aliphatic carbocycles. The molecule has 2 fully saturated rings. The molecule has 1 amide bonds. The number of carboxylic acids is 1. The summed E-state index contributed by atoms with van der Waals surface area (Å²) < 4.78 is 7.73. The van der Waals surface area contributed by atoms with Gasteiger partial charge in [-0.15, -0.1) is 0 Å². The number of carboxylic acid groups (broad SMARTS) is 1. The quantitative estimate of drug-likeness (QED) is 0.835. The van der Waals surface area contributed by atoms with E-state index in [0.717, 1.165) is 24.6 Å². The first-order valence-electron chi connectivity index (χ1n) is 5.51. The van der Waals surface area contributed by atoms with E-state index in [2.05, 4.69) is 8.75 Å². The third kappa shape index (κ3) is 1.53. The Balaban J connectivity index is 1.86. The molecule has 0 aromatic carbocycles. The van der Waals surface area contributed by atoms with E-state index in [1.165, 1.54) is 6.20 Å². The van der Waals surface area contributed by atoms with Gasteiger partial charge in [-0.1, -0.05) is 0 Å². The van der Waals surface area contributed by atoms with Crippen molar-refractivity contribution in [3.63, 3.8) is 0 Å². The molecule has 0 spiro atoms. The molecule has 3 heterocycles. The zero-order valence-corrected chi connectivity index (χ0v) is 9.76. The molecule has 1 N–H and O–H groups in total. The number of fused-ring (bicyclic) bond motifs is 2. The number of aromatic nitrogens is 2. The number of amides is 1. The Morgan fingerprint density at radius 3 is 2.88 bits per heavy atom. The molecule has 3 unspecified atom stereocenters. The normalized spacial score (nSPS) is 30.8. The molecule has 2 aliphatic rings. The lowest BCUT2D eigenvalue weighted by Gasteiger charge is -2.21. The van der Waals surface area contributed by atoms with Crippen molar-refractivity contribution in [2.75, 3.05) is 0 Å². The summed E-state index contributed by atoms with van der Waals surface area (Å²) in [7, 11) is 0. The maximum absolute atomic E-state index is 12.2. The molecular formula is C10H11N3O3S. The molecule has 1 aromatic rings. The van der Waals surface area contributed by atoms with E-state index in [1.807, 2.05) is 0 Å². The van der Waals surface area contributed by atoms with Gasteiger partial charge in [0, 0.05) is 12.1 Å². The van der Waals surface area contributed by atoms with E-state index in [-0.39, 0.29) is 18.0 Å². The minimum absolute atomic E-state index is 0.0651. The zero-order chi connectivity index (χ0) is 12.0. The van der Waals surface area contributed by atoms with Crippen molar-refractivity contribution in [2.45, 2.75) is 31.3 Å². The van der Waals surface area contributed by atoms with E-state index in [1.54, 1.807) is 4.90 Å². The average molecular weight is 253 g/mol. The van der Waals surface area contributed by atoms with Crippen LogP contribution in [0.3, 0.4) is 0 Å². The monoisotopic (exact) mass is 253 g/mol. The number of carbonyl (C=O) groups is 2. The van der Waals surface area contributed by atoms with Crippen molar-refractivity contribution < 1.29 is 14.7 Å². The highest BCUT2D eigenvalue weighted by Crippen LogP contribution is 2.42. The van der Waals surface area contributed by atoms with Crippen molar-refractivity contribution in [1.82, 2.24) is 13.6 Å². The lowest BCUT2D eigenvalue weighted by atomic mass is 9.89. The summed E-state index contributed by atoms with van der Waals surface area (Å²) in [6.45, 7) is 0. The first kappa shape index (κ1) is 10.6. The van der Waals surface area contributed by atoms with Crippen LogP contribution in [0.25, 0.3) is 0 Å². The predicted octanol–water partition coefficient (Wildman–Crippen LogP) is 0.616. The van der Waals surface area contributed by atoms with Gasteiger partial charge in [0.2, 0.25) is 0 Å². The second-order valence-electron chi connectivity index (χ2n) is 4.48. The Hall–Kier alpha value is -1.50. The van der Waals surface area contributed by atoms with Crippen LogP contribution in [0.15, 0.2) is 6.20 Å². The summed E-state index contributed by atoms with van der Waals surface area (Å²) in [5.74, 6) is -1.38. The molecule has 2 aliphatic heterocycles. The Labute approximate surface area is 102 Å². The van der Waals surface area contributed by atoms with Crippen LogP contribution in [0.2, 0.25) is 0 Å². The maximum atomic E-state index is 12.2. The molecule has 7 heteroatoms. The van der Waals surface area contributed by atoms with Gasteiger partial charge in [0.05, 0.1) is 23.8 Å². The first-order chi connectivity index (χ1) is 8.18. The van der Waals surface area contributed by atoms with Gasteiger partial charge in [0.1, 0.15) is 0 Å². The van der Waals surface area contributed by atoms with Crippen LogP contribution in [-0.2, 0) is 4.79 Å². The standard InChI is InChI=1S/C10H11N3O3S/c14-9(7-4-11-17-12-7)13-5-1-2-8(13)6(3-5)10(15)16/h4-6,8H,1-3H2,(H,15,16). The SMILES string of the molecule is O=C(O)C1CC2CCC1N2C(=O)c1cnsn1. The van der Waals surface area contributed by atoms with Crippen LogP contribution < -0.4 is 0 Å². The minimum atomic E-state index is -0.800. The van der Waals surface area contributed by atoms with E-state index >= 15 is 0 Å². The molecule has 1 aromatic heterocycles. The summed E-state index contributed by atoms with van der Waals surface area (Å²) in [6.07, 6.45) is 3.70. The Morgan fingerprint density at radius 1 is 1.47 bits per heavy atom. The third-order valence-corrected chi connectivity index (χ3v) is 4.15. The predicted molar refractivity (Wildman–Crippen MR) is 58.6 cm³/mol. The number of hydrogen-bond acceptors (Lipinski definition) is 5. The fourth-order valence-corrected chi connectivity index (χ4v) is 3.37. The maximum Gasteiger partial charge on any atom is 0.308 e. The lowest BCUT2D eigenvalue weighted by molar-refractivity contribution is -0.142. The van der Waals surface area contributed by atoms with Crippen molar-refractivity contribution in [1.29, 1.82) is 0 Å². The molecule has 0 radical (unpaired) electrons. The fourth-order valence-electron chi connectivity index (χ4n) is 2.96. The van der Waals surface area contributed by atoms with Gasteiger partial charge in [-0.2, -0.15) is 8.75 Å². The molecule has 6 nitrogen and oxygen atoms in total. The highest BCUT2D eigenvalue weighted by molar-refractivity contribution is 6.99. The molecule has 3 atom stereocenters. The summed E-state index contributed by atoms with van der Waals surface area (Å²) in [5.41, 5.74) is 0.331. The van der Waals surface area contributed by atoms with Crippen molar-refractivity contribution in [3.8, 4) is 0 Å². The summed E-state index contributed by atoms with van der Waals surface area (Å²) in [4.78, 5) is 25.0. The van der Waals surface area contributed by atoms with E-state index in [0.29, 0.717) is 12.1 Å². The van der Waals surface area contributed by atoms with Crippen molar-refractivity contribution in [3.05, 3.63) is 11.9 Å².